The number of H-pyrrole nitrogens is 1. The second-order valence-electron chi connectivity index (χ2n) is 8.23. The SMILES string of the molecule is CN(C)C(=O)C(C#N)=Cc1ccc(Oc2cnc3[nH]cc(C(=O)C(C)(C)C)c3n2)cc1. The monoisotopic (exact) mass is 417 g/mol. The van der Waals surface area contributed by atoms with E-state index in [2.05, 4.69) is 15.0 Å². The second kappa shape index (κ2) is 8.40. The summed E-state index contributed by atoms with van der Waals surface area (Å²) < 4.78 is 5.79. The van der Waals surface area contributed by atoms with Crippen molar-refractivity contribution in [1.29, 1.82) is 5.26 Å². The van der Waals surface area contributed by atoms with Gasteiger partial charge < -0.3 is 14.6 Å². The Hall–Kier alpha value is -3.99. The predicted octanol–water partition coefficient (Wildman–Crippen LogP) is 3.97. The maximum Gasteiger partial charge on any atom is 0.264 e. The summed E-state index contributed by atoms with van der Waals surface area (Å²) in [6, 6.07) is 8.77. The van der Waals surface area contributed by atoms with Gasteiger partial charge in [0.05, 0.1) is 11.8 Å². The number of carbonyl (C=O) groups excluding carboxylic acids is 2. The highest BCUT2D eigenvalue weighted by atomic mass is 16.5. The van der Waals surface area contributed by atoms with Crippen LogP contribution >= 0.6 is 0 Å². The van der Waals surface area contributed by atoms with E-state index in [9.17, 15) is 14.9 Å². The number of carbonyl (C=O) groups is 2. The van der Waals surface area contributed by atoms with Gasteiger partial charge in [-0.05, 0) is 23.8 Å². The number of amides is 1. The molecule has 0 aliphatic rings. The van der Waals surface area contributed by atoms with Crippen LogP contribution in [0.4, 0.5) is 0 Å². The Kier molecular flexibility index (Phi) is 5.88. The summed E-state index contributed by atoms with van der Waals surface area (Å²) in [4.78, 5) is 37.7. The third kappa shape index (κ3) is 4.78. The third-order valence-electron chi connectivity index (χ3n) is 4.46. The molecule has 0 spiro atoms. The second-order valence-corrected chi connectivity index (χ2v) is 8.23. The molecule has 0 fully saturated rings. The van der Waals surface area contributed by atoms with Crippen LogP contribution in [0.25, 0.3) is 17.2 Å². The van der Waals surface area contributed by atoms with Crippen molar-refractivity contribution in [3.8, 4) is 17.7 Å². The molecule has 3 aromatic rings. The first-order chi connectivity index (χ1) is 14.6. The van der Waals surface area contributed by atoms with Crippen LogP contribution in [0.5, 0.6) is 11.6 Å². The summed E-state index contributed by atoms with van der Waals surface area (Å²) in [6.45, 7) is 5.55. The minimum absolute atomic E-state index is 0.0399. The molecule has 1 aromatic carbocycles. The molecule has 31 heavy (non-hydrogen) atoms. The molecule has 2 aromatic heterocycles. The average Bonchev–Trinajstić information content (AvgIpc) is 3.14. The van der Waals surface area contributed by atoms with E-state index in [0.717, 1.165) is 0 Å². The van der Waals surface area contributed by atoms with E-state index in [1.807, 2.05) is 26.8 Å². The zero-order valence-corrected chi connectivity index (χ0v) is 18.1. The molecule has 8 heteroatoms. The molecule has 8 nitrogen and oxygen atoms in total. The number of nitriles is 1. The Labute approximate surface area is 180 Å². The normalized spacial score (nSPS) is 11.8. The third-order valence-corrected chi connectivity index (χ3v) is 4.46. The molecule has 0 unspecified atom stereocenters. The molecule has 0 atom stereocenters. The number of fused-ring (bicyclic) bond motifs is 1. The molecule has 0 radical (unpaired) electrons. The van der Waals surface area contributed by atoms with Crippen molar-refractivity contribution in [2.45, 2.75) is 20.8 Å². The standard InChI is InChI=1S/C23H23N5O3/c1-23(2,3)20(29)17-12-25-21-19(17)27-18(13-26-21)31-16-8-6-14(7-9-16)10-15(11-24)22(30)28(4)5/h6-10,12-13H,1-5H3,(H,25,26). The first kappa shape index (κ1) is 21.7. The van der Waals surface area contributed by atoms with Crippen molar-refractivity contribution in [3.05, 3.63) is 53.4 Å². The molecular formula is C23H23N5O3. The lowest BCUT2D eigenvalue weighted by molar-refractivity contribution is -0.124. The van der Waals surface area contributed by atoms with Gasteiger partial charge in [-0.15, -0.1) is 0 Å². The molecule has 1 N–H and O–H groups in total. The maximum atomic E-state index is 12.7. The van der Waals surface area contributed by atoms with E-state index in [1.54, 1.807) is 44.6 Å². The van der Waals surface area contributed by atoms with Gasteiger partial charge in [-0.3, -0.25) is 9.59 Å². The van der Waals surface area contributed by atoms with Crippen molar-refractivity contribution in [3.63, 3.8) is 0 Å². The van der Waals surface area contributed by atoms with Crippen LogP contribution in [0.2, 0.25) is 0 Å². The van der Waals surface area contributed by atoms with E-state index in [4.69, 9.17) is 4.74 Å². The van der Waals surface area contributed by atoms with E-state index < -0.39 is 5.41 Å². The minimum Gasteiger partial charge on any atom is -0.437 e. The Balaban J connectivity index is 1.84. The molecule has 0 saturated carbocycles. The number of aromatic amines is 1. The van der Waals surface area contributed by atoms with E-state index >= 15 is 0 Å². The quantitative estimate of drug-likeness (QED) is 0.382. The fourth-order valence-electron chi connectivity index (χ4n) is 2.80. The molecule has 0 aliphatic carbocycles. The number of benzene rings is 1. The van der Waals surface area contributed by atoms with Crippen LogP contribution in [0, 0.1) is 16.7 Å². The van der Waals surface area contributed by atoms with E-state index in [-0.39, 0.29) is 23.1 Å². The van der Waals surface area contributed by atoms with Gasteiger partial charge in [-0.2, -0.15) is 5.26 Å². The van der Waals surface area contributed by atoms with Gasteiger partial charge in [0.15, 0.2) is 11.4 Å². The van der Waals surface area contributed by atoms with E-state index in [1.165, 1.54) is 17.2 Å². The highest BCUT2D eigenvalue weighted by Gasteiger charge is 2.26. The zero-order chi connectivity index (χ0) is 22.8. The average molecular weight is 417 g/mol. The summed E-state index contributed by atoms with van der Waals surface area (Å²) in [5.74, 6) is 0.349. The predicted molar refractivity (Wildman–Crippen MR) is 116 cm³/mol. The molecule has 158 valence electrons. The fraction of sp³-hybridized carbons (Fsp3) is 0.261. The minimum atomic E-state index is -0.548. The number of nitrogens with one attached hydrogen (secondary N) is 1. The van der Waals surface area contributed by atoms with Crippen LogP contribution in [0.1, 0.15) is 36.7 Å². The smallest absolute Gasteiger partial charge is 0.264 e. The van der Waals surface area contributed by atoms with Crippen LogP contribution in [-0.2, 0) is 4.79 Å². The number of ether oxygens (including phenoxy) is 1. The number of rotatable bonds is 5. The highest BCUT2D eigenvalue weighted by molar-refractivity contribution is 6.08. The maximum absolute atomic E-state index is 12.7. The number of hydrogen-bond acceptors (Lipinski definition) is 6. The van der Waals surface area contributed by atoms with Gasteiger partial charge in [0, 0.05) is 25.7 Å². The number of nitrogens with zero attached hydrogens (tertiary/aromatic N) is 4. The van der Waals surface area contributed by atoms with Crippen molar-refractivity contribution < 1.29 is 14.3 Å². The molecule has 0 saturated heterocycles. The van der Waals surface area contributed by atoms with Crippen LogP contribution in [0.15, 0.2) is 42.2 Å². The summed E-state index contributed by atoms with van der Waals surface area (Å²) in [5, 5.41) is 9.20. The van der Waals surface area contributed by atoms with Crippen LogP contribution in [-0.4, -0.2) is 45.6 Å². The fourth-order valence-corrected chi connectivity index (χ4v) is 2.80. The van der Waals surface area contributed by atoms with Crippen molar-refractivity contribution >= 4 is 28.9 Å². The lowest BCUT2D eigenvalue weighted by atomic mass is 9.87. The lowest BCUT2D eigenvalue weighted by Gasteiger charge is -2.15. The topological polar surface area (TPSA) is 112 Å². The van der Waals surface area contributed by atoms with Gasteiger partial charge in [0.1, 0.15) is 22.9 Å². The summed E-state index contributed by atoms with van der Waals surface area (Å²) in [5.41, 5.74) is 1.61. The molecular weight excluding hydrogens is 394 g/mol. The zero-order valence-electron chi connectivity index (χ0n) is 18.1. The van der Waals surface area contributed by atoms with Gasteiger partial charge in [0.2, 0.25) is 5.88 Å². The van der Waals surface area contributed by atoms with Gasteiger partial charge >= 0.3 is 0 Å². The largest absolute Gasteiger partial charge is 0.437 e. The van der Waals surface area contributed by atoms with Gasteiger partial charge in [0.25, 0.3) is 5.91 Å². The number of aromatic nitrogens is 3. The van der Waals surface area contributed by atoms with Crippen molar-refractivity contribution in [2.24, 2.45) is 5.41 Å². The number of likely N-dealkylation sites (N-methyl/N-ethyl adjacent to an activating group) is 1. The van der Waals surface area contributed by atoms with Crippen molar-refractivity contribution in [2.75, 3.05) is 14.1 Å². The van der Waals surface area contributed by atoms with Crippen LogP contribution in [0.3, 0.4) is 0 Å². The first-order valence-electron chi connectivity index (χ1n) is 9.60. The molecule has 0 bridgehead atoms. The Morgan fingerprint density at radius 1 is 1.19 bits per heavy atom. The van der Waals surface area contributed by atoms with Crippen molar-refractivity contribution in [1.82, 2.24) is 19.9 Å². The number of Topliss-reactive ketones (excluding diaryl/α,β-unsaturated/α-hetero) is 1. The lowest BCUT2D eigenvalue weighted by Crippen LogP contribution is -2.22. The summed E-state index contributed by atoms with van der Waals surface area (Å²) in [7, 11) is 3.18. The highest BCUT2D eigenvalue weighted by Crippen LogP contribution is 2.27. The molecule has 2 heterocycles. The Morgan fingerprint density at radius 3 is 2.45 bits per heavy atom. The number of hydrogen-bond donors (Lipinski definition) is 1. The summed E-state index contributed by atoms with van der Waals surface area (Å²) in [6.07, 6.45) is 4.61. The number of ketones is 1. The summed E-state index contributed by atoms with van der Waals surface area (Å²) >= 11 is 0. The molecule has 0 aliphatic heterocycles. The Bertz CT molecular complexity index is 1210. The van der Waals surface area contributed by atoms with Crippen LogP contribution < -0.4 is 4.74 Å². The van der Waals surface area contributed by atoms with Gasteiger partial charge in [-0.25, -0.2) is 9.97 Å². The molecule has 1 amide bonds. The molecule has 3 rings (SSSR count). The first-order valence-corrected chi connectivity index (χ1v) is 9.60. The Morgan fingerprint density at radius 2 is 1.87 bits per heavy atom. The van der Waals surface area contributed by atoms with E-state index in [0.29, 0.717) is 28.0 Å². The van der Waals surface area contributed by atoms with Gasteiger partial charge in [-0.1, -0.05) is 32.9 Å².